The number of rotatable bonds is 3. The third-order valence-corrected chi connectivity index (χ3v) is 2.93. The van der Waals surface area contributed by atoms with E-state index < -0.39 is 11.9 Å². The minimum atomic E-state index is -1.20. The lowest BCUT2D eigenvalue weighted by Crippen LogP contribution is -2.15. The maximum Gasteiger partial charge on any atom is 0.356 e. The van der Waals surface area contributed by atoms with Crippen molar-refractivity contribution in [2.45, 2.75) is 0 Å². The number of carbonyl (C=O) groups excluding carboxylic acids is 1. The Morgan fingerprint density at radius 2 is 2.05 bits per heavy atom. The SMILES string of the molecule is O=C(O)c1ncccc1NC(=O)c1cnn2ccccc12. The van der Waals surface area contributed by atoms with Gasteiger partial charge in [-0.25, -0.2) is 14.3 Å². The first-order chi connectivity index (χ1) is 10.2. The summed E-state index contributed by atoms with van der Waals surface area (Å²) >= 11 is 0. The van der Waals surface area contributed by atoms with Crippen LogP contribution in [0.1, 0.15) is 20.8 Å². The van der Waals surface area contributed by atoms with Crippen LogP contribution in [0, 0.1) is 0 Å². The largest absolute Gasteiger partial charge is 0.476 e. The van der Waals surface area contributed by atoms with Gasteiger partial charge in [-0.1, -0.05) is 6.07 Å². The Balaban J connectivity index is 1.96. The highest BCUT2D eigenvalue weighted by atomic mass is 16.4. The summed E-state index contributed by atoms with van der Waals surface area (Å²) in [7, 11) is 0. The molecule has 3 rings (SSSR count). The number of carboxylic acids is 1. The fraction of sp³-hybridized carbons (Fsp3) is 0. The number of hydrogen-bond donors (Lipinski definition) is 2. The van der Waals surface area contributed by atoms with Crippen molar-refractivity contribution in [2.24, 2.45) is 0 Å². The van der Waals surface area contributed by atoms with Crippen LogP contribution < -0.4 is 5.32 Å². The molecule has 7 nitrogen and oxygen atoms in total. The van der Waals surface area contributed by atoms with Gasteiger partial charge < -0.3 is 10.4 Å². The molecule has 0 unspecified atom stereocenters. The molecule has 0 aliphatic heterocycles. The molecule has 0 bridgehead atoms. The summed E-state index contributed by atoms with van der Waals surface area (Å²) in [5.41, 5.74) is 0.930. The van der Waals surface area contributed by atoms with Crippen LogP contribution in [0.25, 0.3) is 5.52 Å². The van der Waals surface area contributed by atoms with Gasteiger partial charge in [-0.15, -0.1) is 0 Å². The second-order valence-corrected chi connectivity index (χ2v) is 4.25. The molecule has 3 heterocycles. The average Bonchev–Trinajstić information content (AvgIpc) is 2.91. The van der Waals surface area contributed by atoms with Crippen LogP contribution >= 0.6 is 0 Å². The number of amides is 1. The second kappa shape index (κ2) is 5.04. The van der Waals surface area contributed by atoms with E-state index in [1.165, 1.54) is 18.5 Å². The number of aromatic carboxylic acids is 1. The van der Waals surface area contributed by atoms with Gasteiger partial charge >= 0.3 is 5.97 Å². The van der Waals surface area contributed by atoms with Crippen molar-refractivity contribution in [1.29, 1.82) is 0 Å². The number of nitrogens with one attached hydrogen (secondary N) is 1. The molecule has 3 aromatic heterocycles. The van der Waals surface area contributed by atoms with E-state index >= 15 is 0 Å². The highest BCUT2D eigenvalue weighted by Crippen LogP contribution is 2.16. The smallest absolute Gasteiger partial charge is 0.356 e. The Kier molecular flexibility index (Phi) is 3.07. The molecule has 0 saturated heterocycles. The van der Waals surface area contributed by atoms with Crippen LogP contribution in [0.5, 0.6) is 0 Å². The van der Waals surface area contributed by atoms with E-state index in [2.05, 4.69) is 15.4 Å². The van der Waals surface area contributed by atoms with E-state index in [9.17, 15) is 9.59 Å². The molecule has 2 N–H and O–H groups in total. The molecule has 0 spiro atoms. The standard InChI is InChI=1S/C14H10N4O3/c19-13(9-8-16-18-7-2-1-5-11(9)18)17-10-4-3-6-15-12(10)14(20)21/h1-8H,(H,17,19)(H,20,21). The maximum atomic E-state index is 12.3. The molecule has 0 aliphatic rings. The summed E-state index contributed by atoms with van der Waals surface area (Å²) in [6, 6.07) is 8.38. The van der Waals surface area contributed by atoms with Gasteiger partial charge in [0.25, 0.3) is 5.91 Å². The number of aromatic nitrogens is 3. The van der Waals surface area contributed by atoms with Crippen LogP contribution in [-0.2, 0) is 0 Å². The van der Waals surface area contributed by atoms with Gasteiger partial charge in [-0.3, -0.25) is 4.79 Å². The summed E-state index contributed by atoms with van der Waals surface area (Å²) in [4.78, 5) is 27.1. The number of nitrogens with zero attached hydrogens (tertiary/aromatic N) is 3. The summed E-state index contributed by atoms with van der Waals surface area (Å²) in [6.07, 6.45) is 4.51. The first-order valence-electron chi connectivity index (χ1n) is 6.09. The zero-order chi connectivity index (χ0) is 14.8. The zero-order valence-electron chi connectivity index (χ0n) is 10.7. The minimum absolute atomic E-state index is 0.144. The van der Waals surface area contributed by atoms with Crippen molar-refractivity contribution >= 4 is 23.1 Å². The third-order valence-electron chi connectivity index (χ3n) is 2.93. The third kappa shape index (κ3) is 2.32. The molecule has 21 heavy (non-hydrogen) atoms. The monoisotopic (exact) mass is 282 g/mol. The Bertz CT molecular complexity index is 841. The summed E-state index contributed by atoms with van der Waals surface area (Å²) in [6.45, 7) is 0. The molecular formula is C14H10N4O3. The number of fused-ring (bicyclic) bond motifs is 1. The van der Waals surface area contributed by atoms with Crippen LogP contribution in [-0.4, -0.2) is 31.6 Å². The number of anilines is 1. The van der Waals surface area contributed by atoms with Crippen LogP contribution in [0.3, 0.4) is 0 Å². The topological polar surface area (TPSA) is 96.6 Å². The van der Waals surface area contributed by atoms with Crippen molar-refractivity contribution in [3.63, 3.8) is 0 Å². The minimum Gasteiger partial charge on any atom is -0.476 e. The van der Waals surface area contributed by atoms with Gasteiger partial charge in [0.15, 0.2) is 5.69 Å². The Morgan fingerprint density at radius 3 is 2.86 bits per heavy atom. The van der Waals surface area contributed by atoms with Gasteiger partial charge in [0.1, 0.15) is 0 Å². The molecule has 1 amide bonds. The fourth-order valence-electron chi connectivity index (χ4n) is 1.98. The Labute approximate surface area is 118 Å². The quantitative estimate of drug-likeness (QED) is 0.761. The van der Waals surface area contributed by atoms with E-state index in [-0.39, 0.29) is 11.4 Å². The first-order valence-corrected chi connectivity index (χ1v) is 6.09. The predicted molar refractivity (Wildman–Crippen MR) is 74.3 cm³/mol. The van der Waals surface area contributed by atoms with Crippen LogP contribution in [0.15, 0.2) is 48.9 Å². The molecule has 0 saturated carbocycles. The van der Waals surface area contributed by atoms with Crippen molar-refractivity contribution in [2.75, 3.05) is 5.32 Å². The Morgan fingerprint density at radius 1 is 1.19 bits per heavy atom. The lowest BCUT2D eigenvalue weighted by atomic mass is 10.2. The van der Waals surface area contributed by atoms with Crippen molar-refractivity contribution in [1.82, 2.24) is 14.6 Å². The molecule has 7 heteroatoms. The van der Waals surface area contributed by atoms with Gasteiger partial charge in [-0.05, 0) is 24.3 Å². The molecule has 0 fully saturated rings. The molecule has 0 atom stereocenters. The van der Waals surface area contributed by atoms with E-state index in [4.69, 9.17) is 5.11 Å². The number of carboxylic acid groups (broad SMARTS) is 1. The van der Waals surface area contributed by atoms with Gasteiger partial charge in [-0.2, -0.15) is 5.10 Å². The zero-order valence-corrected chi connectivity index (χ0v) is 10.7. The molecular weight excluding hydrogens is 272 g/mol. The first kappa shape index (κ1) is 12.8. The number of carbonyl (C=O) groups is 2. The van der Waals surface area contributed by atoms with Crippen molar-refractivity contribution in [3.05, 3.63) is 60.2 Å². The average molecular weight is 282 g/mol. The van der Waals surface area contributed by atoms with Gasteiger partial charge in [0.05, 0.1) is 23.0 Å². The highest BCUT2D eigenvalue weighted by Gasteiger charge is 2.17. The molecule has 0 aromatic carbocycles. The molecule has 0 aliphatic carbocycles. The van der Waals surface area contributed by atoms with Crippen LogP contribution in [0.4, 0.5) is 5.69 Å². The van der Waals surface area contributed by atoms with Crippen LogP contribution in [0.2, 0.25) is 0 Å². The molecule has 0 radical (unpaired) electrons. The molecule has 104 valence electrons. The Hall–Kier alpha value is -3.22. The van der Waals surface area contributed by atoms with Gasteiger partial charge in [0, 0.05) is 12.4 Å². The number of hydrogen-bond acceptors (Lipinski definition) is 4. The maximum absolute atomic E-state index is 12.3. The summed E-state index contributed by atoms with van der Waals surface area (Å²) < 4.78 is 1.57. The highest BCUT2D eigenvalue weighted by molar-refractivity contribution is 6.10. The fourth-order valence-corrected chi connectivity index (χ4v) is 1.98. The summed E-state index contributed by atoms with van der Waals surface area (Å²) in [5.74, 6) is -1.64. The van der Waals surface area contributed by atoms with E-state index in [1.54, 1.807) is 35.0 Å². The van der Waals surface area contributed by atoms with Crippen molar-refractivity contribution < 1.29 is 14.7 Å². The second-order valence-electron chi connectivity index (χ2n) is 4.25. The van der Waals surface area contributed by atoms with E-state index in [0.29, 0.717) is 11.1 Å². The summed E-state index contributed by atoms with van der Waals surface area (Å²) in [5, 5.41) is 15.7. The van der Waals surface area contributed by atoms with E-state index in [0.717, 1.165) is 0 Å². The van der Waals surface area contributed by atoms with Gasteiger partial charge in [0.2, 0.25) is 0 Å². The molecule has 3 aromatic rings. The van der Waals surface area contributed by atoms with Crippen molar-refractivity contribution in [3.8, 4) is 0 Å². The lowest BCUT2D eigenvalue weighted by Gasteiger charge is -2.06. The van der Waals surface area contributed by atoms with E-state index in [1.807, 2.05) is 0 Å². The predicted octanol–water partition coefficient (Wildman–Crippen LogP) is 1.68. The lowest BCUT2D eigenvalue weighted by molar-refractivity contribution is 0.0692. The normalized spacial score (nSPS) is 10.5. The number of pyridine rings is 2.